The second-order valence-electron chi connectivity index (χ2n) is 3.38. The van der Waals surface area contributed by atoms with Crippen LogP contribution in [0.2, 0.25) is 0 Å². The monoisotopic (exact) mass is 212 g/mol. The molecule has 1 aliphatic rings. The van der Waals surface area contributed by atoms with Crippen molar-refractivity contribution in [2.75, 3.05) is 13.2 Å². The number of rotatable bonds is 3. The van der Waals surface area contributed by atoms with Gasteiger partial charge in [-0.3, -0.25) is 4.79 Å². The van der Waals surface area contributed by atoms with Gasteiger partial charge in [0, 0.05) is 17.6 Å². The number of hydrogen-bond donors (Lipinski definition) is 1. The molecule has 0 aliphatic carbocycles. The fourth-order valence-electron chi connectivity index (χ4n) is 1.52. The summed E-state index contributed by atoms with van der Waals surface area (Å²) in [5.41, 5.74) is 5.75. The van der Waals surface area contributed by atoms with Crippen LogP contribution in [0.5, 0.6) is 0 Å². The van der Waals surface area contributed by atoms with E-state index in [1.54, 1.807) is 6.20 Å². The summed E-state index contributed by atoms with van der Waals surface area (Å²) in [6.45, 7) is 0.958. The molecule has 2 heterocycles. The van der Waals surface area contributed by atoms with Gasteiger partial charge >= 0.3 is 0 Å². The quantitative estimate of drug-likeness (QED) is 0.779. The van der Waals surface area contributed by atoms with Crippen molar-refractivity contribution in [3.8, 4) is 0 Å². The summed E-state index contributed by atoms with van der Waals surface area (Å²) in [4.78, 5) is 15.8. The molecular formula is C9H12N2O2S. The minimum Gasteiger partial charge on any atom is -0.379 e. The molecule has 0 amide bonds. The molecule has 1 aromatic rings. The fraction of sp³-hybridized carbons (Fsp3) is 0.556. The number of aromatic nitrogens is 1. The van der Waals surface area contributed by atoms with E-state index in [-0.39, 0.29) is 17.7 Å². The standard InChI is InChI=1S/C9H12N2O2S/c10-7-5-13-4-6(7)8(12)3-9-11-1-2-14-9/h1-2,6-7H,3-5,10H2. The predicted molar refractivity (Wildman–Crippen MR) is 53.1 cm³/mol. The Labute approximate surface area is 86.1 Å². The van der Waals surface area contributed by atoms with Gasteiger partial charge in [0.1, 0.15) is 5.78 Å². The Balaban J connectivity index is 1.95. The number of ketones is 1. The van der Waals surface area contributed by atoms with Crippen LogP contribution in [0, 0.1) is 5.92 Å². The highest BCUT2D eigenvalue weighted by Crippen LogP contribution is 2.16. The minimum absolute atomic E-state index is 0.137. The van der Waals surface area contributed by atoms with Crippen LogP contribution in [0.15, 0.2) is 11.6 Å². The zero-order valence-corrected chi connectivity index (χ0v) is 8.50. The van der Waals surface area contributed by atoms with Gasteiger partial charge in [-0.25, -0.2) is 4.98 Å². The molecule has 0 spiro atoms. The number of nitrogens with zero attached hydrogens (tertiary/aromatic N) is 1. The van der Waals surface area contributed by atoms with E-state index in [9.17, 15) is 4.79 Å². The van der Waals surface area contributed by atoms with E-state index in [2.05, 4.69) is 4.98 Å². The third-order valence-corrected chi connectivity index (χ3v) is 3.13. The van der Waals surface area contributed by atoms with Crippen molar-refractivity contribution in [2.24, 2.45) is 11.7 Å². The molecule has 14 heavy (non-hydrogen) atoms. The van der Waals surface area contributed by atoms with E-state index in [1.165, 1.54) is 11.3 Å². The SMILES string of the molecule is NC1COCC1C(=O)Cc1nccs1. The molecule has 1 fully saturated rings. The molecule has 0 bridgehead atoms. The van der Waals surface area contributed by atoms with E-state index in [0.29, 0.717) is 19.6 Å². The highest BCUT2D eigenvalue weighted by Gasteiger charge is 2.31. The third kappa shape index (κ3) is 2.00. The summed E-state index contributed by atoms with van der Waals surface area (Å²) in [6, 6.07) is -0.137. The highest BCUT2D eigenvalue weighted by molar-refractivity contribution is 7.09. The number of nitrogens with two attached hydrogens (primary N) is 1. The van der Waals surface area contributed by atoms with Gasteiger partial charge in [-0.15, -0.1) is 11.3 Å². The lowest BCUT2D eigenvalue weighted by Gasteiger charge is -2.10. The van der Waals surface area contributed by atoms with Gasteiger partial charge in [-0.2, -0.15) is 0 Å². The summed E-state index contributed by atoms with van der Waals surface area (Å²) >= 11 is 1.50. The molecule has 1 aliphatic heterocycles. The number of thiazole rings is 1. The van der Waals surface area contributed by atoms with E-state index in [0.717, 1.165) is 5.01 Å². The van der Waals surface area contributed by atoms with Gasteiger partial charge in [0.2, 0.25) is 0 Å². The lowest BCUT2D eigenvalue weighted by molar-refractivity contribution is -0.122. The van der Waals surface area contributed by atoms with Crippen molar-refractivity contribution in [1.82, 2.24) is 4.98 Å². The summed E-state index contributed by atoms with van der Waals surface area (Å²) in [6.07, 6.45) is 2.09. The molecule has 2 unspecified atom stereocenters. The molecule has 76 valence electrons. The Morgan fingerprint density at radius 1 is 1.71 bits per heavy atom. The van der Waals surface area contributed by atoms with Crippen molar-refractivity contribution < 1.29 is 9.53 Å². The fourth-order valence-corrected chi connectivity index (χ4v) is 2.15. The van der Waals surface area contributed by atoms with Crippen molar-refractivity contribution in [2.45, 2.75) is 12.5 Å². The molecular weight excluding hydrogens is 200 g/mol. The Bertz CT molecular complexity index is 313. The molecule has 4 nitrogen and oxygen atoms in total. The topological polar surface area (TPSA) is 65.2 Å². The third-order valence-electron chi connectivity index (χ3n) is 2.35. The lowest BCUT2D eigenvalue weighted by Crippen LogP contribution is -2.34. The average Bonchev–Trinajstić information content (AvgIpc) is 2.75. The number of Topliss-reactive ketones (excluding diaryl/α,β-unsaturated/α-hetero) is 1. The van der Waals surface area contributed by atoms with E-state index in [4.69, 9.17) is 10.5 Å². The molecule has 0 radical (unpaired) electrons. The van der Waals surface area contributed by atoms with Crippen LogP contribution < -0.4 is 5.73 Å². The number of hydrogen-bond acceptors (Lipinski definition) is 5. The van der Waals surface area contributed by atoms with Crippen LogP contribution in [0.25, 0.3) is 0 Å². The highest BCUT2D eigenvalue weighted by atomic mass is 32.1. The summed E-state index contributed by atoms with van der Waals surface area (Å²) < 4.78 is 5.15. The number of carbonyl (C=O) groups excluding carboxylic acids is 1. The molecule has 1 aromatic heterocycles. The first-order valence-corrected chi connectivity index (χ1v) is 5.40. The van der Waals surface area contributed by atoms with Gasteiger partial charge in [0.05, 0.1) is 30.6 Å². The second kappa shape index (κ2) is 4.16. The molecule has 2 N–H and O–H groups in total. The van der Waals surface area contributed by atoms with Gasteiger partial charge in [-0.05, 0) is 0 Å². The molecule has 0 saturated carbocycles. The van der Waals surface area contributed by atoms with Crippen LogP contribution in [0.4, 0.5) is 0 Å². The molecule has 0 aromatic carbocycles. The first kappa shape index (κ1) is 9.76. The Morgan fingerprint density at radius 3 is 3.14 bits per heavy atom. The maximum atomic E-state index is 11.7. The predicted octanol–water partition coefficient (Wildman–Crippen LogP) is 0.228. The van der Waals surface area contributed by atoms with Gasteiger partial charge in [0.15, 0.2) is 0 Å². The van der Waals surface area contributed by atoms with E-state index in [1.807, 2.05) is 5.38 Å². The molecule has 2 rings (SSSR count). The second-order valence-corrected chi connectivity index (χ2v) is 4.36. The average molecular weight is 212 g/mol. The Hall–Kier alpha value is -0.780. The van der Waals surface area contributed by atoms with Crippen LogP contribution in [0.1, 0.15) is 5.01 Å². The maximum absolute atomic E-state index is 11.7. The number of carbonyl (C=O) groups is 1. The smallest absolute Gasteiger partial charge is 0.146 e. The first-order chi connectivity index (χ1) is 6.77. The Kier molecular flexibility index (Phi) is 2.90. The van der Waals surface area contributed by atoms with Crippen molar-refractivity contribution >= 4 is 17.1 Å². The number of ether oxygens (including phenoxy) is 1. The zero-order chi connectivity index (χ0) is 9.97. The molecule has 5 heteroatoms. The van der Waals surface area contributed by atoms with Gasteiger partial charge in [-0.1, -0.05) is 0 Å². The van der Waals surface area contributed by atoms with E-state index < -0.39 is 0 Å². The summed E-state index contributed by atoms with van der Waals surface area (Å²) in [5.74, 6) is 0.00356. The van der Waals surface area contributed by atoms with Gasteiger partial charge < -0.3 is 10.5 Å². The largest absolute Gasteiger partial charge is 0.379 e. The van der Waals surface area contributed by atoms with Crippen LogP contribution in [-0.2, 0) is 16.0 Å². The Morgan fingerprint density at radius 2 is 2.57 bits per heavy atom. The lowest BCUT2D eigenvalue weighted by atomic mass is 9.97. The summed E-state index contributed by atoms with van der Waals surface area (Å²) in [7, 11) is 0. The molecule has 1 saturated heterocycles. The van der Waals surface area contributed by atoms with E-state index >= 15 is 0 Å². The van der Waals surface area contributed by atoms with Crippen LogP contribution in [-0.4, -0.2) is 30.0 Å². The normalized spacial score (nSPS) is 26.6. The summed E-state index contributed by atoms with van der Waals surface area (Å²) in [5, 5.41) is 2.72. The van der Waals surface area contributed by atoms with Crippen molar-refractivity contribution in [3.05, 3.63) is 16.6 Å². The van der Waals surface area contributed by atoms with Gasteiger partial charge in [0.25, 0.3) is 0 Å². The van der Waals surface area contributed by atoms with Crippen molar-refractivity contribution in [3.63, 3.8) is 0 Å². The van der Waals surface area contributed by atoms with Crippen molar-refractivity contribution in [1.29, 1.82) is 0 Å². The van der Waals surface area contributed by atoms with Crippen LogP contribution >= 0.6 is 11.3 Å². The maximum Gasteiger partial charge on any atom is 0.146 e. The minimum atomic E-state index is -0.140. The first-order valence-electron chi connectivity index (χ1n) is 4.52. The molecule has 2 atom stereocenters. The zero-order valence-electron chi connectivity index (χ0n) is 7.68. The van der Waals surface area contributed by atoms with Crippen LogP contribution in [0.3, 0.4) is 0 Å².